The molecule has 0 radical (unpaired) electrons. The lowest BCUT2D eigenvalue weighted by Crippen LogP contribution is -2.57. The van der Waals surface area contributed by atoms with Gasteiger partial charge in [-0.25, -0.2) is 0 Å². The van der Waals surface area contributed by atoms with Crippen LogP contribution in [0.1, 0.15) is 53.4 Å². The molecule has 1 atom stereocenters. The minimum atomic E-state index is -0.684. The minimum absolute atomic E-state index is 0.00662. The van der Waals surface area contributed by atoms with Crippen LogP contribution < -0.4 is 5.32 Å². The van der Waals surface area contributed by atoms with Gasteiger partial charge in [-0.15, -0.1) is 0 Å². The average Bonchev–Trinajstić information content (AvgIpc) is 2.47. The maximum absolute atomic E-state index is 12.6. The van der Waals surface area contributed by atoms with Crippen LogP contribution in [0.2, 0.25) is 0 Å². The fourth-order valence-corrected chi connectivity index (χ4v) is 2.35. The van der Waals surface area contributed by atoms with E-state index in [2.05, 4.69) is 12.2 Å². The Morgan fingerprint density at radius 2 is 1.88 bits per heavy atom. The Bertz CT molecular complexity index is 298. The monoisotopic (exact) mass is 240 g/mol. The Morgan fingerprint density at radius 3 is 2.35 bits per heavy atom. The molecule has 1 unspecified atom stereocenters. The van der Waals surface area contributed by atoms with Crippen molar-refractivity contribution in [3.63, 3.8) is 0 Å². The number of amides is 2. The lowest BCUT2D eigenvalue weighted by molar-refractivity contribution is -0.141. The molecule has 1 heterocycles. The number of rotatable bonds is 4. The van der Waals surface area contributed by atoms with E-state index in [4.69, 9.17) is 0 Å². The van der Waals surface area contributed by atoms with Crippen molar-refractivity contribution < 1.29 is 9.59 Å². The van der Waals surface area contributed by atoms with Crippen molar-refractivity contribution in [2.24, 2.45) is 0 Å². The largest absolute Gasteiger partial charge is 0.342 e. The van der Waals surface area contributed by atoms with Gasteiger partial charge in [-0.3, -0.25) is 9.59 Å². The summed E-state index contributed by atoms with van der Waals surface area (Å²) in [5.41, 5.74) is -0.684. The number of carbonyl (C=O) groups is 2. The van der Waals surface area contributed by atoms with Crippen molar-refractivity contribution in [2.75, 3.05) is 6.54 Å². The highest BCUT2D eigenvalue weighted by molar-refractivity contribution is 5.93. The van der Waals surface area contributed by atoms with Gasteiger partial charge in [0.05, 0.1) is 0 Å². The SMILES string of the molecule is CCC(C)N1CCC(=O)NC(CC)(CC)C1=O. The Labute approximate surface area is 104 Å². The fraction of sp³-hybridized carbons (Fsp3) is 0.846. The number of carbonyl (C=O) groups excluding carboxylic acids is 2. The standard InChI is InChI=1S/C13H24N2O2/c1-5-10(4)15-9-8-11(16)14-13(6-2,7-3)12(15)17/h10H,5-9H2,1-4H3,(H,14,16). The summed E-state index contributed by atoms with van der Waals surface area (Å²) >= 11 is 0. The van der Waals surface area contributed by atoms with Crippen molar-refractivity contribution in [2.45, 2.75) is 65.0 Å². The molecule has 0 aliphatic carbocycles. The zero-order valence-corrected chi connectivity index (χ0v) is 11.4. The Hall–Kier alpha value is -1.06. The first kappa shape index (κ1) is 14.0. The molecule has 1 rings (SSSR count). The second-order valence-electron chi connectivity index (χ2n) is 4.84. The Kier molecular flexibility index (Phi) is 4.54. The molecular formula is C13H24N2O2. The highest BCUT2D eigenvalue weighted by atomic mass is 16.2. The van der Waals surface area contributed by atoms with Gasteiger partial charge in [-0.2, -0.15) is 0 Å². The third-order valence-corrected chi connectivity index (χ3v) is 3.96. The number of nitrogens with one attached hydrogen (secondary N) is 1. The second-order valence-corrected chi connectivity index (χ2v) is 4.84. The van der Waals surface area contributed by atoms with E-state index in [1.54, 1.807) is 0 Å². The molecular weight excluding hydrogens is 216 g/mol. The second kappa shape index (κ2) is 5.52. The zero-order chi connectivity index (χ0) is 13.1. The topological polar surface area (TPSA) is 49.4 Å². The molecule has 0 spiro atoms. The van der Waals surface area contributed by atoms with Crippen molar-refractivity contribution in [1.29, 1.82) is 0 Å². The van der Waals surface area contributed by atoms with Crippen molar-refractivity contribution in [3.05, 3.63) is 0 Å². The van der Waals surface area contributed by atoms with Crippen LogP contribution in [-0.4, -0.2) is 34.8 Å². The lowest BCUT2D eigenvalue weighted by Gasteiger charge is -2.36. The van der Waals surface area contributed by atoms with E-state index in [0.717, 1.165) is 6.42 Å². The van der Waals surface area contributed by atoms with Crippen LogP contribution in [-0.2, 0) is 9.59 Å². The van der Waals surface area contributed by atoms with Gasteiger partial charge in [0.1, 0.15) is 5.54 Å². The summed E-state index contributed by atoms with van der Waals surface area (Å²) in [6, 6.07) is 0.202. The molecule has 17 heavy (non-hydrogen) atoms. The van der Waals surface area contributed by atoms with E-state index in [9.17, 15) is 9.59 Å². The lowest BCUT2D eigenvalue weighted by atomic mass is 9.90. The molecule has 0 aromatic heterocycles. The van der Waals surface area contributed by atoms with Gasteiger partial charge >= 0.3 is 0 Å². The van der Waals surface area contributed by atoms with E-state index >= 15 is 0 Å². The molecule has 98 valence electrons. The van der Waals surface area contributed by atoms with Gasteiger partial charge in [0.25, 0.3) is 0 Å². The van der Waals surface area contributed by atoms with Crippen LogP contribution in [0.3, 0.4) is 0 Å². The van der Waals surface area contributed by atoms with Crippen LogP contribution in [0, 0.1) is 0 Å². The third kappa shape index (κ3) is 2.61. The average molecular weight is 240 g/mol. The molecule has 0 aromatic carbocycles. The highest BCUT2D eigenvalue weighted by Gasteiger charge is 2.42. The molecule has 2 amide bonds. The van der Waals surface area contributed by atoms with E-state index < -0.39 is 5.54 Å². The first-order valence-electron chi connectivity index (χ1n) is 6.62. The van der Waals surface area contributed by atoms with Crippen molar-refractivity contribution in [1.82, 2.24) is 10.2 Å². The van der Waals surface area contributed by atoms with Gasteiger partial charge in [0.2, 0.25) is 11.8 Å². The molecule has 1 fully saturated rings. The van der Waals surface area contributed by atoms with Gasteiger partial charge < -0.3 is 10.2 Å². The maximum atomic E-state index is 12.6. The van der Waals surface area contributed by atoms with Crippen LogP contribution >= 0.6 is 0 Å². The summed E-state index contributed by atoms with van der Waals surface area (Å²) in [4.78, 5) is 26.2. The maximum Gasteiger partial charge on any atom is 0.248 e. The first-order chi connectivity index (χ1) is 8.00. The summed E-state index contributed by atoms with van der Waals surface area (Å²) in [5.74, 6) is 0.0792. The quantitative estimate of drug-likeness (QED) is 0.813. The minimum Gasteiger partial charge on any atom is -0.342 e. The Balaban J connectivity index is 3.04. The summed E-state index contributed by atoms with van der Waals surface area (Å²) < 4.78 is 0. The van der Waals surface area contributed by atoms with E-state index in [0.29, 0.717) is 25.8 Å². The summed E-state index contributed by atoms with van der Waals surface area (Å²) in [6.07, 6.45) is 2.64. The predicted molar refractivity (Wildman–Crippen MR) is 67.5 cm³/mol. The van der Waals surface area contributed by atoms with Gasteiger partial charge in [-0.05, 0) is 26.2 Å². The van der Waals surface area contributed by atoms with Gasteiger partial charge in [-0.1, -0.05) is 20.8 Å². The molecule has 1 saturated heterocycles. The normalized spacial score (nSPS) is 22.0. The Morgan fingerprint density at radius 1 is 1.29 bits per heavy atom. The van der Waals surface area contributed by atoms with Crippen LogP contribution in [0.15, 0.2) is 0 Å². The zero-order valence-electron chi connectivity index (χ0n) is 11.4. The van der Waals surface area contributed by atoms with E-state index in [1.807, 2.05) is 25.7 Å². The van der Waals surface area contributed by atoms with Gasteiger partial charge in [0.15, 0.2) is 0 Å². The first-order valence-corrected chi connectivity index (χ1v) is 6.62. The summed E-state index contributed by atoms with van der Waals surface area (Å²) in [7, 11) is 0. The van der Waals surface area contributed by atoms with Gasteiger partial charge in [0, 0.05) is 19.0 Å². The molecule has 1 aliphatic heterocycles. The van der Waals surface area contributed by atoms with E-state index in [1.165, 1.54) is 0 Å². The third-order valence-electron chi connectivity index (χ3n) is 3.96. The number of nitrogens with zero attached hydrogens (tertiary/aromatic N) is 1. The molecule has 0 saturated carbocycles. The highest BCUT2D eigenvalue weighted by Crippen LogP contribution is 2.23. The number of hydrogen-bond donors (Lipinski definition) is 1. The van der Waals surface area contributed by atoms with Crippen LogP contribution in [0.25, 0.3) is 0 Å². The summed E-state index contributed by atoms with van der Waals surface area (Å²) in [5, 5.41) is 2.92. The van der Waals surface area contributed by atoms with Crippen LogP contribution in [0.4, 0.5) is 0 Å². The summed E-state index contributed by atoms with van der Waals surface area (Å²) in [6.45, 7) is 8.58. The number of hydrogen-bond acceptors (Lipinski definition) is 2. The van der Waals surface area contributed by atoms with Crippen molar-refractivity contribution >= 4 is 11.8 Å². The molecule has 0 aromatic rings. The fourth-order valence-electron chi connectivity index (χ4n) is 2.35. The van der Waals surface area contributed by atoms with E-state index in [-0.39, 0.29) is 17.9 Å². The van der Waals surface area contributed by atoms with Crippen LogP contribution in [0.5, 0.6) is 0 Å². The predicted octanol–water partition coefficient (Wildman–Crippen LogP) is 1.69. The molecule has 1 N–H and O–H groups in total. The van der Waals surface area contributed by atoms with Crippen molar-refractivity contribution in [3.8, 4) is 0 Å². The molecule has 1 aliphatic rings. The smallest absolute Gasteiger partial charge is 0.248 e. The molecule has 4 nitrogen and oxygen atoms in total. The molecule has 4 heteroatoms. The molecule has 0 bridgehead atoms.